The molecule has 6 atom stereocenters. The second-order valence-corrected chi connectivity index (χ2v) is 9.16. The molecule has 0 aromatic carbocycles. The molecule has 2 N–H and O–H groups in total. The van der Waals surface area contributed by atoms with Crippen molar-refractivity contribution in [2.75, 3.05) is 0 Å². The number of hydrogen-bond acceptors (Lipinski definition) is 3. The predicted octanol–water partition coefficient (Wildman–Crippen LogP) is 3.67. The van der Waals surface area contributed by atoms with E-state index in [-0.39, 0.29) is 17.6 Å². The van der Waals surface area contributed by atoms with Gasteiger partial charge < -0.3 is 10.2 Å². The van der Waals surface area contributed by atoms with Gasteiger partial charge in [-0.3, -0.25) is 9.59 Å². The number of rotatable bonds is 3. The van der Waals surface area contributed by atoms with E-state index in [0.29, 0.717) is 37.0 Å². The van der Waals surface area contributed by atoms with Gasteiger partial charge in [-0.2, -0.15) is 0 Å². The number of aliphatic hydroxyl groups is 1. The van der Waals surface area contributed by atoms with Crippen LogP contribution in [0, 0.1) is 28.6 Å². The molecule has 4 heteroatoms. The van der Waals surface area contributed by atoms with Gasteiger partial charge in [0.25, 0.3) is 0 Å². The van der Waals surface area contributed by atoms with Crippen molar-refractivity contribution in [1.82, 2.24) is 0 Å². The van der Waals surface area contributed by atoms with E-state index in [1.807, 2.05) is 6.08 Å². The van der Waals surface area contributed by atoms with E-state index < -0.39 is 17.0 Å². The summed E-state index contributed by atoms with van der Waals surface area (Å²) in [5, 5.41) is 20.4. The summed E-state index contributed by atoms with van der Waals surface area (Å²) in [5.74, 6) is 0.346. The molecule has 0 aromatic rings. The molecule has 0 aliphatic heterocycles. The van der Waals surface area contributed by atoms with Crippen LogP contribution in [-0.4, -0.2) is 27.6 Å². The van der Waals surface area contributed by atoms with Crippen molar-refractivity contribution < 1.29 is 19.8 Å². The molecule has 0 bridgehead atoms. The highest BCUT2D eigenvalue weighted by molar-refractivity contribution is 5.92. The van der Waals surface area contributed by atoms with Crippen LogP contribution in [0.1, 0.15) is 52.4 Å². The van der Waals surface area contributed by atoms with Gasteiger partial charge in [0, 0.05) is 18.3 Å². The lowest BCUT2D eigenvalue weighted by Gasteiger charge is -2.54. The third-order valence-corrected chi connectivity index (χ3v) is 8.02. The zero-order valence-corrected chi connectivity index (χ0v) is 15.6. The average molecular weight is 356 g/mol. The van der Waals surface area contributed by atoms with Gasteiger partial charge in [-0.05, 0) is 60.5 Å². The summed E-state index contributed by atoms with van der Waals surface area (Å²) in [6.45, 7) is 4.37. The van der Waals surface area contributed by atoms with Crippen molar-refractivity contribution in [2.45, 2.75) is 58.0 Å². The molecule has 140 valence electrons. The maximum Gasteiger partial charge on any atom is 0.303 e. The maximum atomic E-state index is 11.9. The highest BCUT2D eigenvalue weighted by Crippen LogP contribution is 2.64. The van der Waals surface area contributed by atoms with Crippen LogP contribution in [0.3, 0.4) is 0 Å². The van der Waals surface area contributed by atoms with Crippen molar-refractivity contribution in [2.24, 2.45) is 28.6 Å². The number of hydrogen-bond donors (Lipinski definition) is 2. The van der Waals surface area contributed by atoms with E-state index in [9.17, 15) is 14.7 Å². The lowest BCUT2D eigenvalue weighted by Crippen LogP contribution is -2.51. The Morgan fingerprint density at radius 2 is 2.04 bits per heavy atom. The van der Waals surface area contributed by atoms with E-state index in [2.05, 4.69) is 38.2 Å². The lowest BCUT2D eigenvalue weighted by molar-refractivity contribution is -0.140. The van der Waals surface area contributed by atoms with Crippen molar-refractivity contribution >= 4 is 11.8 Å². The SMILES string of the molecule is C[C@]12CCC(=O)C=C1C=C[C@@H]1[C@@H]2C=C[C@@]2(C)[C@H]1CC[C@]2(O)CCC(=O)O. The van der Waals surface area contributed by atoms with Crippen LogP contribution in [0.5, 0.6) is 0 Å². The monoisotopic (exact) mass is 356 g/mol. The van der Waals surface area contributed by atoms with Crippen molar-refractivity contribution in [3.63, 3.8) is 0 Å². The molecule has 0 radical (unpaired) electrons. The van der Waals surface area contributed by atoms with Crippen LogP contribution in [0.15, 0.2) is 36.0 Å². The normalized spacial score (nSPS) is 46.3. The second-order valence-electron chi connectivity index (χ2n) is 9.16. The van der Waals surface area contributed by atoms with Gasteiger partial charge in [0.15, 0.2) is 5.78 Å². The summed E-state index contributed by atoms with van der Waals surface area (Å²) < 4.78 is 0. The number of carboxylic acids is 1. The minimum atomic E-state index is -0.953. The van der Waals surface area contributed by atoms with Gasteiger partial charge in [0.05, 0.1) is 5.60 Å². The fourth-order valence-electron chi connectivity index (χ4n) is 6.21. The summed E-state index contributed by atoms with van der Waals surface area (Å²) in [6, 6.07) is 0. The van der Waals surface area contributed by atoms with Gasteiger partial charge in [-0.1, -0.05) is 38.2 Å². The average Bonchev–Trinajstić information content (AvgIpc) is 2.86. The number of ketones is 1. The molecule has 1 saturated carbocycles. The minimum absolute atomic E-state index is 0.00327. The summed E-state index contributed by atoms with van der Waals surface area (Å²) in [6.07, 6.45) is 14.0. The number of fused-ring (bicyclic) bond motifs is 5. The lowest BCUT2D eigenvalue weighted by atomic mass is 9.50. The standard InChI is InChI=1S/C22H28O4/c1-20-9-5-15(23)13-14(20)3-4-16-17(20)6-10-21(2)18(16)7-11-22(21,26)12-8-19(24)25/h3-4,6,10,13,16-18,26H,5,7-9,11-12H2,1-2H3,(H,24,25)/t16-,17+,18+,20+,21+,22+/m1/s1. The molecule has 0 amide bonds. The Labute approximate surface area is 154 Å². The first kappa shape index (κ1) is 17.7. The van der Waals surface area contributed by atoms with Crippen molar-refractivity contribution in [1.29, 1.82) is 0 Å². The van der Waals surface area contributed by atoms with Gasteiger partial charge in [-0.25, -0.2) is 0 Å². The Balaban J connectivity index is 1.70. The highest BCUT2D eigenvalue weighted by atomic mass is 16.4. The zero-order chi connectivity index (χ0) is 18.7. The van der Waals surface area contributed by atoms with Gasteiger partial charge in [-0.15, -0.1) is 0 Å². The Hall–Kier alpha value is -1.68. The van der Waals surface area contributed by atoms with Crippen LogP contribution in [0.2, 0.25) is 0 Å². The van der Waals surface area contributed by atoms with Gasteiger partial charge in [0.2, 0.25) is 0 Å². The topological polar surface area (TPSA) is 74.6 Å². The molecule has 4 aliphatic carbocycles. The number of aliphatic carboxylic acids is 1. The van der Waals surface area contributed by atoms with Crippen molar-refractivity contribution in [3.05, 3.63) is 36.0 Å². The molecule has 0 saturated heterocycles. The maximum absolute atomic E-state index is 11.9. The third-order valence-electron chi connectivity index (χ3n) is 8.02. The molecule has 0 unspecified atom stereocenters. The molecule has 4 aliphatic rings. The first-order valence-electron chi connectivity index (χ1n) is 9.76. The Morgan fingerprint density at radius 1 is 1.27 bits per heavy atom. The minimum Gasteiger partial charge on any atom is -0.481 e. The number of carbonyl (C=O) groups excluding carboxylic acids is 1. The molecule has 26 heavy (non-hydrogen) atoms. The van der Waals surface area contributed by atoms with Crippen LogP contribution in [0.25, 0.3) is 0 Å². The van der Waals surface area contributed by atoms with E-state index in [4.69, 9.17) is 5.11 Å². The summed E-state index contributed by atoms with van der Waals surface area (Å²) >= 11 is 0. The highest BCUT2D eigenvalue weighted by Gasteiger charge is 2.61. The van der Waals surface area contributed by atoms with Crippen LogP contribution in [-0.2, 0) is 9.59 Å². The summed E-state index contributed by atoms with van der Waals surface area (Å²) in [4.78, 5) is 22.9. The predicted molar refractivity (Wildman–Crippen MR) is 98.3 cm³/mol. The van der Waals surface area contributed by atoms with E-state index in [1.165, 1.54) is 0 Å². The summed E-state index contributed by atoms with van der Waals surface area (Å²) in [5.41, 5.74) is -0.226. The van der Waals surface area contributed by atoms with Crippen LogP contribution >= 0.6 is 0 Å². The number of allylic oxidation sites excluding steroid dienone is 5. The fourth-order valence-corrected chi connectivity index (χ4v) is 6.21. The van der Waals surface area contributed by atoms with Gasteiger partial charge >= 0.3 is 5.97 Å². The molecule has 1 fully saturated rings. The van der Waals surface area contributed by atoms with Gasteiger partial charge in [0.1, 0.15) is 0 Å². The summed E-state index contributed by atoms with van der Waals surface area (Å²) in [7, 11) is 0. The second kappa shape index (κ2) is 5.66. The first-order valence-corrected chi connectivity index (χ1v) is 9.76. The molecule has 0 heterocycles. The smallest absolute Gasteiger partial charge is 0.303 e. The molecule has 0 aromatic heterocycles. The van der Waals surface area contributed by atoms with Crippen molar-refractivity contribution in [3.8, 4) is 0 Å². The first-order chi connectivity index (χ1) is 12.2. The zero-order valence-electron chi connectivity index (χ0n) is 15.6. The third kappa shape index (κ3) is 2.31. The quantitative estimate of drug-likeness (QED) is 0.757. The van der Waals surface area contributed by atoms with E-state index in [0.717, 1.165) is 18.4 Å². The van der Waals surface area contributed by atoms with Crippen LogP contribution < -0.4 is 0 Å². The van der Waals surface area contributed by atoms with E-state index >= 15 is 0 Å². The fraction of sp³-hybridized carbons (Fsp3) is 0.636. The Kier molecular flexibility index (Phi) is 3.85. The van der Waals surface area contributed by atoms with Crippen LogP contribution in [0.4, 0.5) is 0 Å². The molecular weight excluding hydrogens is 328 g/mol. The number of carbonyl (C=O) groups is 2. The molecule has 4 nitrogen and oxygen atoms in total. The molecule has 4 rings (SSSR count). The number of carboxylic acid groups (broad SMARTS) is 1. The Bertz CT molecular complexity index is 747. The molecular formula is C22H28O4. The largest absolute Gasteiger partial charge is 0.481 e. The molecule has 0 spiro atoms. The van der Waals surface area contributed by atoms with E-state index in [1.54, 1.807) is 0 Å². The Morgan fingerprint density at radius 3 is 2.77 bits per heavy atom.